The third kappa shape index (κ3) is 2.98. The van der Waals surface area contributed by atoms with Crippen LogP contribution in [0.3, 0.4) is 0 Å². The molecule has 0 saturated heterocycles. The summed E-state index contributed by atoms with van der Waals surface area (Å²) < 4.78 is 0. The number of hydrogen-bond acceptors (Lipinski definition) is 3. The lowest BCUT2D eigenvalue weighted by Crippen LogP contribution is -2.37. The molecule has 0 aliphatic rings. The zero-order valence-electron chi connectivity index (χ0n) is 11.8. The molecule has 2 N–H and O–H groups in total. The molecule has 0 saturated carbocycles. The van der Waals surface area contributed by atoms with Crippen molar-refractivity contribution >= 4 is 5.69 Å². The van der Waals surface area contributed by atoms with E-state index >= 15 is 0 Å². The van der Waals surface area contributed by atoms with Crippen LogP contribution in [-0.4, -0.2) is 13.1 Å². The molecule has 2 rings (SSSR count). The minimum Gasteiger partial charge on any atom is -0.366 e. The van der Waals surface area contributed by atoms with Crippen molar-refractivity contribution in [2.75, 3.05) is 11.9 Å². The molecule has 0 aromatic heterocycles. The molecular formula is C17H19N3. The van der Waals surface area contributed by atoms with Crippen LogP contribution in [0.4, 0.5) is 5.69 Å². The van der Waals surface area contributed by atoms with Crippen molar-refractivity contribution in [3.8, 4) is 6.07 Å². The monoisotopic (exact) mass is 265 g/mol. The zero-order chi connectivity index (χ0) is 14.5. The third-order valence-electron chi connectivity index (χ3n) is 3.44. The highest BCUT2D eigenvalue weighted by molar-refractivity contribution is 5.53. The van der Waals surface area contributed by atoms with Gasteiger partial charge in [0.05, 0.1) is 17.7 Å². The smallest absolute Gasteiger partial charge is 0.0992 e. The van der Waals surface area contributed by atoms with Crippen molar-refractivity contribution in [2.24, 2.45) is 5.73 Å². The number of hydrogen-bond donors (Lipinski definition) is 1. The van der Waals surface area contributed by atoms with Crippen LogP contribution < -0.4 is 10.6 Å². The van der Waals surface area contributed by atoms with E-state index in [1.165, 1.54) is 5.56 Å². The first kappa shape index (κ1) is 14.1. The highest BCUT2D eigenvalue weighted by Gasteiger charge is 2.21. The standard InChI is InChI=1S/C17H19N3/c1-13(19)17(15-8-4-3-5-9-15)20(2)16-10-6-7-14(11-16)12-18/h3-11,13,17H,19H2,1-2H3. The van der Waals surface area contributed by atoms with Crippen LogP contribution in [0.25, 0.3) is 0 Å². The maximum atomic E-state index is 9.02. The van der Waals surface area contributed by atoms with Gasteiger partial charge in [-0.3, -0.25) is 0 Å². The molecule has 2 unspecified atom stereocenters. The number of rotatable bonds is 4. The molecule has 20 heavy (non-hydrogen) atoms. The second-order valence-corrected chi connectivity index (χ2v) is 4.99. The van der Waals surface area contributed by atoms with Gasteiger partial charge in [-0.1, -0.05) is 36.4 Å². The van der Waals surface area contributed by atoms with Gasteiger partial charge in [0.2, 0.25) is 0 Å². The Hall–Kier alpha value is -2.31. The summed E-state index contributed by atoms with van der Waals surface area (Å²) in [7, 11) is 2.01. The summed E-state index contributed by atoms with van der Waals surface area (Å²) in [6.45, 7) is 2.00. The molecule has 0 amide bonds. The van der Waals surface area contributed by atoms with Crippen LogP contribution in [0.2, 0.25) is 0 Å². The average molecular weight is 265 g/mol. The molecule has 3 nitrogen and oxygen atoms in total. The molecule has 0 spiro atoms. The number of nitrogens with zero attached hydrogens (tertiary/aromatic N) is 2. The largest absolute Gasteiger partial charge is 0.366 e. The van der Waals surface area contributed by atoms with Crippen molar-refractivity contribution < 1.29 is 0 Å². The molecule has 2 atom stereocenters. The van der Waals surface area contributed by atoms with E-state index in [2.05, 4.69) is 23.1 Å². The Labute approximate surface area is 120 Å². The molecule has 0 fully saturated rings. The first-order chi connectivity index (χ1) is 9.63. The highest BCUT2D eigenvalue weighted by Crippen LogP contribution is 2.28. The third-order valence-corrected chi connectivity index (χ3v) is 3.44. The van der Waals surface area contributed by atoms with E-state index in [4.69, 9.17) is 11.0 Å². The van der Waals surface area contributed by atoms with Crippen LogP contribution in [0.1, 0.15) is 24.1 Å². The van der Waals surface area contributed by atoms with Crippen molar-refractivity contribution in [1.82, 2.24) is 0 Å². The Bertz CT molecular complexity index is 599. The van der Waals surface area contributed by atoms with Crippen LogP contribution in [0, 0.1) is 11.3 Å². The van der Waals surface area contributed by atoms with Gasteiger partial charge in [0.15, 0.2) is 0 Å². The number of likely N-dealkylation sites (N-methyl/N-ethyl adjacent to an activating group) is 1. The zero-order valence-corrected chi connectivity index (χ0v) is 11.8. The predicted molar refractivity (Wildman–Crippen MR) is 82.4 cm³/mol. The van der Waals surface area contributed by atoms with Gasteiger partial charge in [0.1, 0.15) is 0 Å². The fourth-order valence-corrected chi connectivity index (χ4v) is 2.49. The van der Waals surface area contributed by atoms with Crippen LogP contribution in [0.15, 0.2) is 54.6 Å². The molecule has 3 heteroatoms. The number of benzene rings is 2. The lowest BCUT2D eigenvalue weighted by Gasteiger charge is -2.33. The van der Waals surface area contributed by atoms with E-state index < -0.39 is 0 Å². The Morgan fingerprint density at radius 1 is 1.10 bits per heavy atom. The molecule has 0 aliphatic heterocycles. The molecule has 2 aromatic rings. The topological polar surface area (TPSA) is 53.0 Å². The van der Waals surface area contributed by atoms with E-state index in [-0.39, 0.29) is 12.1 Å². The molecule has 0 heterocycles. The Kier molecular flexibility index (Phi) is 4.39. The number of nitrogens with two attached hydrogens (primary N) is 1. The number of anilines is 1. The summed E-state index contributed by atoms with van der Waals surface area (Å²) in [4.78, 5) is 2.13. The Morgan fingerprint density at radius 2 is 1.80 bits per heavy atom. The predicted octanol–water partition coefficient (Wildman–Crippen LogP) is 3.08. The van der Waals surface area contributed by atoms with E-state index in [1.54, 1.807) is 6.07 Å². The molecule has 0 radical (unpaired) electrons. The van der Waals surface area contributed by atoms with Crippen LogP contribution in [-0.2, 0) is 0 Å². The van der Waals surface area contributed by atoms with E-state index in [0.717, 1.165) is 5.69 Å². The highest BCUT2D eigenvalue weighted by atomic mass is 15.1. The normalized spacial score (nSPS) is 13.3. The van der Waals surface area contributed by atoms with Crippen molar-refractivity contribution in [3.63, 3.8) is 0 Å². The van der Waals surface area contributed by atoms with Gasteiger partial charge in [-0.15, -0.1) is 0 Å². The molecule has 0 bridgehead atoms. The van der Waals surface area contributed by atoms with Gasteiger partial charge < -0.3 is 10.6 Å². The molecule has 2 aromatic carbocycles. The van der Waals surface area contributed by atoms with Gasteiger partial charge in [-0.2, -0.15) is 5.26 Å². The van der Waals surface area contributed by atoms with Crippen LogP contribution in [0.5, 0.6) is 0 Å². The van der Waals surface area contributed by atoms with Gasteiger partial charge in [-0.25, -0.2) is 0 Å². The maximum absolute atomic E-state index is 9.02. The number of nitriles is 1. The molecule has 0 aliphatic carbocycles. The lowest BCUT2D eigenvalue weighted by atomic mass is 9.99. The average Bonchev–Trinajstić information content (AvgIpc) is 2.48. The summed E-state index contributed by atoms with van der Waals surface area (Å²) >= 11 is 0. The van der Waals surface area contributed by atoms with Crippen LogP contribution >= 0.6 is 0 Å². The first-order valence-corrected chi connectivity index (χ1v) is 6.67. The van der Waals surface area contributed by atoms with Crippen molar-refractivity contribution in [3.05, 3.63) is 65.7 Å². The van der Waals surface area contributed by atoms with Crippen molar-refractivity contribution in [2.45, 2.75) is 19.0 Å². The summed E-state index contributed by atoms with van der Waals surface area (Å²) in [5.74, 6) is 0. The quantitative estimate of drug-likeness (QED) is 0.924. The molecule has 102 valence electrons. The van der Waals surface area contributed by atoms with Gasteiger partial charge >= 0.3 is 0 Å². The minimum atomic E-state index is -0.0202. The fraction of sp³-hybridized carbons (Fsp3) is 0.235. The summed E-state index contributed by atoms with van der Waals surface area (Å²) in [6, 6.07) is 20.0. The van der Waals surface area contributed by atoms with Crippen molar-refractivity contribution in [1.29, 1.82) is 5.26 Å². The summed E-state index contributed by atoms with van der Waals surface area (Å²) in [5, 5.41) is 9.02. The van der Waals surface area contributed by atoms with E-state index in [0.29, 0.717) is 5.56 Å². The van der Waals surface area contributed by atoms with Gasteiger partial charge in [0.25, 0.3) is 0 Å². The minimum absolute atomic E-state index is 0.0202. The summed E-state index contributed by atoms with van der Waals surface area (Å²) in [6.07, 6.45) is 0. The van der Waals surface area contributed by atoms with E-state index in [1.807, 2.05) is 50.4 Å². The lowest BCUT2D eigenvalue weighted by molar-refractivity contribution is 0.558. The van der Waals surface area contributed by atoms with Gasteiger partial charge in [0, 0.05) is 18.8 Å². The van der Waals surface area contributed by atoms with E-state index in [9.17, 15) is 0 Å². The van der Waals surface area contributed by atoms with Gasteiger partial charge in [-0.05, 0) is 30.7 Å². The SMILES string of the molecule is CC(N)C(c1ccccc1)N(C)c1cccc(C#N)c1. The first-order valence-electron chi connectivity index (χ1n) is 6.67. The molecular weight excluding hydrogens is 246 g/mol. The Morgan fingerprint density at radius 3 is 2.40 bits per heavy atom. The summed E-state index contributed by atoms with van der Waals surface area (Å²) in [5.41, 5.74) is 9.00. The second-order valence-electron chi connectivity index (χ2n) is 4.99. The second kappa shape index (κ2) is 6.23. The maximum Gasteiger partial charge on any atom is 0.0992 e. The Balaban J connectivity index is 2.37. The fourth-order valence-electron chi connectivity index (χ4n) is 2.49.